The molecule has 0 aromatic heterocycles. The molecule has 19 heavy (non-hydrogen) atoms. The van der Waals surface area contributed by atoms with Gasteiger partial charge in [0, 0.05) is 13.1 Å². The second-order valence-corrected chi connectivity index (χ2v) is 5.13. The lowest BCUT2D eigenvalue weighted by molar-refractivity contribution is 0.0601. The molecule has 0 bridgehead atoms. The highest BCUT2D eigenvalue weighted by molar-refractivity contribution is 5.92. The number of nitrogens with two attached hydrogens (primary N) is 1. The third kappa shape index (κ3) is 3.00. The normalized spacial score (nSPS) is 19.3. The summed E-state index contributed by atoms with van der Waals surface area (Å²) in [4.78, 5) is 13.9. The monoisotopic (exact) mass is 262 g/mol. The topological polar surface area (TPSA) is 55.6 Å². The Morgan fingerprint density at radius 1 is 1.53 bits per heavy atom. The fourth-order valence-electron chi connectivity index (χ4n) is 2.68. The average Bonchev–Trinajstić information content (AvgIpc) is 2.47. The molecule has 1 unspecified atom stereocenters. The van der Waals surface area contributed by atoms with Crippen LogP contribution in [0.25, 0.3) is 0 Å². The van der Waals surface area contributed by atoms with Gasteiger partial charge in [-0.1, -0.05) is 13.3 Å². The van der Waals surface area contributed by atoms with Crippen LogP contribution < -0.4 is 10.6 Å². The minimum Gasteiger partial charge on any atom is -0.465 e. The van der Waals surface area contributed by atoms with Crippen LogP contribution in [0.15, 0.2) is 18.2 Å². The van der Waals surface area contributed by atoms with Gasteiger partial charge in [0.2, 0.25) is 0 Å². The summed E-state index contributed by atoms with van der Waals surface area (Å²) in [6.07, 6.45) is 3.65. The summed E-state index contributed by atoms with van der Waals surface area (Å²) in [5.41, 5.74) is 8.30. The van der Waals surface area contributed by atoms with Crippen LogP contribution in [0.5, 0.6) is 0 Å². The zero-order valence-electron chi connectivity index (χ0n) is 11.7. The predicted octanol–water partition coefficient (Wildman–Crippen LogP) is 2.68. The number of hydrogen-bond donors (Lipinski definition) is 1. The van der Waals surface area contributed by atoms with Crippen LogP contribution in [0.2, 0.25) is 0 Å². The fraction of sp³-hybridized carbons (Fsp3) is 0.533. The van der Waals surface area contributed by atoms with E-state index in [1.807, 2.05) is 6.07 Å². The van der Waals surface area contributed by atoms with E-state index in [-0.39, 0.29) is 5.97 Å². The first-order chi connectivity index (χ1) is 9.15. The summed E-state index contributed by atoms with van der Waals surface area (Å²) in [7, 11) is 1.40. The molecule has 0 spiro atoms. The van der Waals surface area contributed by atoms with Crippen molar-refractivity contribution in [1.29, 1.82) is 0 Å². The number of rotatable bonds is 3. The molecule has 2 N–H and O–H groups in total. The molecule has 1 aromatic carbocycles. The smallest absolute Gasteiger partial charge is 0.337 e. The second kappa shape index (κ2) is 5.95. The molecule has 0 amide bonds. The van der Waals surface area contributed by atoms with Crippen molar-refractivity contribution in [1.82, 2.24) is 0 Å². The zero-order valence-corrected chi connectivity index (χ0v) is 11.7. The van der Waals surface area contributed by atoms with Crippen molar-refractivity contribution < 1.29 is 9.53 Å². The van der Waals surface area contributed by atoms with E-state index in [9.17, 15) is 4.79 Å². The third-order valence-corrected chi connectivity index (χ3v) is 3.89. The highest BCUT2D eigenvalue weighted by Gasteiger charge is 2.21. The van der Waals surface area contributed by atoms with Crippen molar-refractivity contribution in [2.45, 2.75) is 26.2 Å². The number of carbonyl (C=O) groups excluding carboxylic acids is 1. The van der Waals surface area contributed by atoms with Crippen molar-refractivity contribution in [2.75, 3.05) is 30.8 Å². The number of piperidine rings is 1. The standard InChI is InChI=1S/C15H22N2O2/c1-3-11-5-4-8-17(10-11)14-9-12(15(18)19-2)6-7-13(14)16/h6-7,9,11H,3-5,8,10,16H2,1-2H3. The van der Waals surface area contributed by atoms with Gasteiger partial charge in [0.25, 0.3) is 0 Å². The summed E-state index contributed by atoms with van der Waals surface area (Å²) in [5.74, 6) is 0.403. The maximum atomic E-state index is 11.6. The Hall–Kier alpha value is -1.71. The van der Waals surface area contributed by atoms with E-state index < -0.39 is 0 Å². The summed E-state index contributed by atoms with van der Waals surface area (Å²) in [6, 6.07) is 5.35. The number of anilines is 2. The molecule has 1 atom stereocenters. The molecule has 2 rings (SSSR count). The third-order valence-electron chi connectivity index (χ3n) is 3.89. The van der Waals surface area contributed by atoms with Crippen LogP contribution in [0, 0.1) is 5.92 Å². The Kier molecular flexibility index (Phi) is 4.30. The van der Waals surface area contributed by atoms with Crippen molar-refractivity contribution in [3.63, 3.8) is 0 Å². The Bertz CT molecular complexity index is 459. The number of nitrogen functional groups attached to an aromatic ring is 1. The van der Waals surface area contributed by atoms with Crippen LogP contribution in [0.1, 0.15) is 36.5 Å². The largest absolute Gasteiger partial charge is 0.465 e. The minimum atomic E-state index is -0.315. The number of carbonyl (C=O) groups is 1. The number of hydrogen-bond acceptors (Lipinski definition) is 4. The van der Waals surface area contributed by atoms with E-state index in [1.165, 1.54) is 26.4 Å². The summed E-state index contributed by atoms with van der Waals surface area (Å²) in [5, 5.41) is 0. The lowest BCUT2D eigenvalue weighted by Gasteiger charge is -2.34. The Labute approximate surface area is 114 Å². The van der Waals surface area contributed by atoms with Gasteiger partial charge in [-0.15, -0.1) is 0 Å². The zero-order chi connectivity index (χ0) is 13.8. The van der Waals surface area contributed by atoms with Crippen LogP contribution in [-0.4, -0.2) is 26.2 Å². The molecule has 0 radical (unpaired) electrons. The van der Waals surface area contributed by atoms with Crippen molar-refractivity contribution in [2.24, 2.45) is 5.92 Å². The van der Waals surface area contributed by atoms with Gasteiger partial charge in [-0.05, 0) is 37.0 Å². The summed E-state index contributed by atoms with van der Waals surface area (Å²) < 4.78 is 4.76. The molecule has 1 aliphatic heterocycles. The molecular formula is C15H22N2O2. The Morgan fingerprint density at radius 2 is 2.32 bits per heavy atom. The number of nitrogens with zero attached hydrogens (tertiary/aromatic N) is 1. The SMILES string of the molecule is CCC1CCCN(c2cc(C(=O)OC)ccc2N)C1. The van der Waals surface area contributed by atoms with Gasteiger partial charge in [-0.2, -0.15) is 0 Å². The van der Waals surface area contributed by atoms with Gasteiger partial charge >= 0.3 is 5.97 Å². The van der Waals surface area contributed by atoms with E-state index in [0.717, 1.165) is 30.4 Å². The molecule has 1 fully saturated rings. The fourth-order valence-corrected chi connectivity index (χ4v) is 2.68. The van der Waals surface area contributed by atoms with Crippen molar-refractivity contribution >= 4 is 17.3 Å². The summed E-state index contributed by atoms with van der Waals surface area (Å²) >= 11 is 0. The number of esters is 1. The van der Waals surface area contributed by atoms with Crippen molar-refractivity contribution in [3.05, 3.63) is 23.8 Å². The molecule has 0 saturated carbocycles. The molecule has 1 heterocycles. The number of ether oxygens (including phenoxy) is 1. The molecule has 104 valence electrons. The van der Waals surface area contributed by atoms with Gasteiger partial charge in [0.05, 0.1) is 24.0 Å². The molecule has 1 saturated heterocycles. The first kappa shape index (κ1) is 13.7. The van der Waals surface area contributed by atoms with Crippen LogP contribution in [-0.2, 0) is 4.74 Å². The maximum absolute atomic E-state index is 11.6. The van der Waals surface area contributed by atoms with E-state index in [1.54, 1.807) is 12.1 Å². The van der Waals surface area contributed by atoms with E-state index in [0.29, 0.717) is 5.56 Å². The molecule has 1 aromatic rings. The summed E-state index contributed by atoms with van der Waals surface area (Å²) in [6.45, 7) is 4.25. The first-order valence-corrected chi connectivity index (χ1v) is 6.88. The number of methoxy groups -OCH3 is 1. The van der Waals surface area contributed by atoms with Crippen LogP contribution >= 0.6 is 0 Å². The van der Waals surface area contributed by atoms with E-state index in [4.69, 9.17) is 10.5 Å². The number of benzene rings is 1. The Morgan fingerprint density at radius 3 is 3.00 bits per heavy atom. The second-order valence-electron chi connectivity index (χ2n) is 5.13. The lowest BCUT2D eigenvalue weighted by Crippen LogP contribution is -2.35. The van der Waals surface area contributed by atoms with E-state index >= 15 is 0 Å². The van der Waals surface area contributed by atoms with Gasteiger partial charge in [0.15, 0.2) is 0 Å². The van der Waals surface area contributed by atoms with Gasteiger partial charge in [0.1, 0.15) is 0 Å². The van der Waals surface area contributed by atoms with Gasteiger partial charge < -0.3 is 15.4 Å². The maximum Gasteiger partial charge on any atom is 0.337 e. The quantitative estimate of drug-likeness (QED) is 0.672. The van der Waals surface area contributed by atoms with Crippen LogP contribution in [0.3, 0.4) is 0 Å². The molecule has 4 nitrogen and oxygen atoms in total. The Balaban J connectivity index is 2.25. The van der Waals surface area contributed by atoms with Crippen LogP contribution in [0.4, 0.5) is 11.4 Å². The minimum absolute atomic E-state index is 0.315. The lowest BCUT2D eigenvalue weighted by atomic mass is 9.95. The van der Waals surface area contributed by atoms with Crippen molar-refractivity contribution in [3.8, 4) is 0 Å². The van der Waals surface area contributed by atoms with Gasteiger partial charge in [-0.3, -0.25) is 0 Å². The molecule has 1 aliphatic rings. The molecule has 0 aliphatic carbocycles. The predicted molar refractivity (Wildman–Crippen MR) is 77.4 cm³/mol. The highest BCUT2D eigenvalue weighted by atomic mass is 16.5. The first-order valence-electron chi connectivity index (χ1n) is 6.88. The van der Waals surface area contributed by atoms with Gasteiger partial charge in [-0.25, -0.2) is 4.79 Å². The molecular weight excluding hydrogens is 240 g/mol. The highest BCUT2D eigenvalue weighted by Crippen LogP contribution is 2.30. The molecule has 4 heteroatoms. The van der Waals surface area contributed by atoms with E-state index in [2.05, 4.69) is 11.8 Å². The average molecular weight is 262 g/mol.